The number of pyridine rings is 1. The maximum Gasteiger partial charge on any atom is 0.253 e. The van der Waals surface area contributed by atoms with E-state index in [-0.39, 0.29) is 5.56 Å². The number of aryl methyl sites for hydroxylation is 2. The second-order valence-corrected chi connectivity index (χ2v) is 3.18. The third kappa shape index (κ3) is 2.49. The highest BCUT2D eigenvalue weighted by Crippen LogP contribution is 1.95. The van der Waals surface area contributed by atoms with Crippen LogP contribution in [0.4, 0.5) is 0 Å². The third-order valence-corrected chi connectivity index (χ3v) is 2.13. The second-order valence-electron chi connectivity index (χ2n) is 3.18. The molecule has 2 rings (SSSR count). The van der Waals surface area contributed by atoms with E-state index < -0.39 is 0 Å². The summed E-state index contributed by atoms with van der Waals surface area (Å²) in [6, 6.07) is 7.22. The summed E-state index contributed by atoms with van der Waals surface area (Å²) in [5.41, 5.74) is 0.953. The quantitative estimate of drug-likeness (QED) is 0.740. The third-order valence-electron chi connectivity index (χ3n) is 2.13. The van der Waals surface area contributed by atoms with E-state index in [1.165, 1.54) is 12.3 Å². The zero-order valence-electron chi connectivity index (χ0n) is 8.21. The topological polar surface area (TPSA) is 47.8 Å². The number of nitrogens with zero attached hydrogens (tertiary/aromatic N) is 3. The van der Waals surface area contributed by atoms with Crippen molar-refractivity contribution < 1.29 is 0 Å². The molecule has 4 heteroatoms. The SMILES string of the molecule is O=c1ccncn1CCc1ccccn1. The molecule has 0 aliphatic heterocycles. The fourth-order valence-corrected chi connectivity index (χ4v) is 1.33. The van der Waals surface area contributed by atoms with Gasteiger partial charge in [-0.15, -0.1) is 0 Å². The first-order valence-electron chi connectivity index (χ1n) is 4.76. The molecule has 0 aromatic carbocycles. The fraction of sp³-hybridized carbons (Fsp3) is 0.182. The van der Waals surface area contributed by atoms with Crippen molar-refractivity contribution in [2.45, 2.75) is 13.0 Å². The zero-order chi connectivity index (χ0) is 10.5. The standard InChI is InChI=1S/C11H11N3O/c15-11-4-7-12-9-14(11)8-5-10-3-1-2-6-13-10/h1-4,6-7,9H,5,8H2. The molecule has 0 aliphatic rings. The molecule has 15 heavy (non-hydrogen) atoms. The Kier molecular flexibility index (Phi) is 2.88. The summed E-state index contributed by atoms with van der Waals surface area (Å²) in [5.74, 6) is 0. The average Bonchev–Trinajstić information content (AvgIpc) is 2.29. The van der Waals surface area contributed by atoms with Gasteiger partial charge in [0.2, 0.25) is 0 Å². The van der Waals surface area contributed by atoms with Crippen LogP contribution in [0, 0.1) is 0 Å². The van der Waals surface area contributed by atoms with Crippen molar-refractivity contribution >= 4 is 0 Å². The van der Waals surface area contributed by atoms with Crippen LogP contribution < -0.4 is 5.56 Å². The van der Waals surface area contributed by atoms with Crippen LogP contribution in [0.1, 0.15) is 5.69 Å². The largest absolute Gasteiger partial charge is 0.299 e. The summed E-state index contributed by atoms with van der Waals surface area (Å²) in [6.45, 7) is 0.615. The Hall–Kier alpha value is -1.97. The fourth-order valence-electron chi connectivity index (χ4n) is 1.33. The molecule has 0 fully saturated rings. The molecule has 0 aliphatic carbocycles. The maximum atomic E-state index is 11.3. The first-order chi connectivity index (χ1) is 7.36. The predicted octanol–water partition coefficient (Wildman–Crippen LogP) is 0.881. The Labute approximate surface area is 87.2 Å². The van der Waals surface area contributed by atoms with Crippen LogP contribution in [0.25, 0.3) is 0 Å². The van der Waals surface area contributed by atoms with E-state index in [0.29, 0.717) is 6.54 Å². The van der Waals surface area contributed by atoms with Gasteiger partial charge >= 0.3 is 0 Å². The molecular formula is C11H11N3O. The molecule has 0 saturated carbocycles. The van der Waals surface area contributed by atoms with E-state index in [1.54, 1.807) is 17.1 Å². The molecule has 2 aromatic rings. The van der Waals surface area contributed by atoms with Gasteiger partial charge in [0, 0.05) is 37.1 Å². The summed E-state index contributed by atoms with van der Waals surface area (Å²) in [6.07, 6.45) is 5.54. The highest BCUT2D eigenvalue weighted by molar-refractivity contribution is 5.03. The van der Waals surface area contributed by atoms with Gasteiger partial charge < -0.3 is 0 Å². The number of hydrogen-bond acceptors (Lipinski definition) is 3. The van der Waals surface area contributed by atoms with Crippen LogP contribution >= 0.6 is 0 Å². The summed E-state index contributed by atoms with van der Waals surface area (Å²) < 4.78 is 1.58. The van der Waals surface area contributed by atoms with Gasteiger partial charge in [-0.1, -0.05) is 6.07 Å². The summed E-state index contributed by atoms with van der Waals surface area (Å²) in [4.78, 5) is 19.4. The van der Waals surface area contributed by atoms with Crippen LogP contribution in [0.5, 0.6) is 0 Å². The molecule has 0 unspecified atom stereocenters. The van der Waals surface area contributed by atoms with Gasteiger partial charge in [-0.3, -0.25) is 14.3 Å². The van der Waals surface area contributed by atoms with Crippen LogP contribution in [0.15, 0.2) is 47.8 Å². The molecule has 0 saturated heterocycles. The van der Waals surface area contributed by atoms with Crippen molar-refractivity contribution in [2.24, 2.45) is 0 Å². The molecule has 76 valence electrons. The summed E-state index contributed by atoms with van der Waals surface area (Å²) in [5, 5.41) is 0. The van der Waals surface area contributed by atoms with Crippen molar-refractivity contribution in [2.75, 3.05) is 0 Å². The summed E-state index contributed by atoms with van der Waals surface area (Å²) >= 11 is 0. The van der Waals surface area contributed by atoms with Crippen molar-refractivity contribution in [3.63, 3.8) is 0 Å². The number of rotatable bonds is 3. The molecule has 0 bridgehead atoms. The molecule has 0 amide bonds. The molecular weight excluding hydrogens is 190 g/mol. The molecule has 2 heterocycles. The Balaban J connectivity index is 2.06. The predicted molar refractivity (Wildman–Crippen MR) is 56.4 cm³/mol. The highest BCUT2D eigenvalue weighted by atomic mass is 16.1. The molecule has 4 nitrogen and oxygen atoms in total. The molecule has 0 radical (unpaired) electrons. The van der Waals surface area contributed by atoms with Crippen LogP contribution in [0.2, 0.25) is 0 Å². The average molecular weight is 201 g/mol. The van der Waals surface area contributed by atoms with Crippen molar-refractivity contribution in [3.05, 3.63) is 59.0 Å². The van der Waals surface area contributed by atoms with E-state index in [1.807, 2.05) is 18.2 Å². The molecule has 2 aromatic heterocycles. The van der Waals surface area contributed by atoms with Gasteiger partial charge in [0.05, 0.1) is 6.33 Å². The van der Waals surface area contributed by atoms with Crippen LogP contribution in [-0.2, 0) is 13.0 Å². The highest BCUT2D eigenvalue weighted by Gasteiger charge is 1.96. The molecule has 0 spiro atoms. The number of hydrogen-bond donors (Lipinski definition) is 0. The Morgan fingerprint density at radius 2 is 2.13 bits per heavy atom. The van der Waals surface area contributed by atoms with E-state index >= 15 is 0 Å². The zero-order valence-corrected chi connectivity index (χ0v) is 8.21. The minimum absolute atomic E-state index is 0.0269. The lowest BCUT2D eigenvalue weighted by molar-refractivity contribution is 0.646. The van der Waals surface area contributed by atoms with Gasteiger partial charge in [-0.2, -0.15) is 0 Å². The molecule has 0 N–H and O–H groups in total. The summed E-state index contributed by atoms with van der Waals surface area (Å²) in [7, 11) is 0. The van der Waals surface area contributed by atoms with Gasteiger partial charge in [-0.05, 0) is 12.1 Å². The Morgan fingerprint density at radius 3 is 2.87 bits per heavy atom. The minimum Gasteiger partial charge on any atom is -0.299 e. The lowest BCUT2D eigenvalue weighted by Gasteiger charge is -2.03. The van der Waals surface area contributed by atoms with E-state index in [4.69, 9.17) is 0 Å². The lowest BCUT2D eigenvalue weighted by atomic mass is 10.3. The van der Waals surface area contributed by atoms with E-state index in [0.717, 1.165) is 12.1 Å². The smallest absolute Gasteiger partial charge is 0.253 e. The first-order valence-corrected chi connectivity index (χ1v) is 4.76. The first kappa shape index (κ1) is 9.58. The van der Waals surface area contributed by atoms with Gasteiger partial charge in [0.1, 0.15) is 0 Å². The van der Waals surface area contributed by atoms with Crippen molar-refractivity contribution in [3.8, 4) is 0 Å². The Morgan fingerprint density at radius 1 is 1.20 bits per heavy atom. The molecule has 0 atom stereocenters. The lowest BCUT2D eigenvalue weighted by Crippen LogP contribution is -2.19. The monoisotopic (exact) mass is 201 g/mol. The Bertz CT molecular complexity index is 478. The van der Waals surface area contributed by atoms with Crippen molar-refractivity contribution in [1.82, 2.24) is 14.5 Å². The van der Waals surface area contributed by atoms with E-state index in [2.05, 4.69) is 9.97 Å². The normalized spacial score (nSPS) is 10.1. The van der Waals surface area contributed by atoms with Crippen LogP contribution in [-0.4, -0.2) is 14.5 Å². The van der Waals surface area contributed by atoms with Crippen LogP contribution in [0.3, 0.4) is 0 Å². The number of aromatic nitrogens is 3. The van der Waals surface area contributed by atoms with E-state index in [9.17, 15) is 4.79 Å². The van der Waals surface area contributed by atoms with Gasteiger partial charge in [0.15, 0.2) is 0 Å². The van der Waals surface area contributed by atoms with Gasteiger partial charge in [0.25, 0.3) is 5.56 Å². The second kappa shape index (κ2) is 4.50. The maximum absolute atomic E-state index is 11.3. The van der Waals surface area contributed by atoms with Crippen molar-refractivity contribution in [1.29, 1.82) is 0 Å². The van der Waals surface area contributed by atoms with Gasteiger partial charge in [-0.25, -0.2) is 4.98 Å². The minimum atomic E-state index is -0.0269.